The number of nitriles is 1. The first-order valence-electron chi connectivity index (χ1n) is 6.31. The lowest BCUT2D eigenvalue weighted by Gasteiger charge is -2.15. The Bertz CT molecular complexity index is 656. The van der Waals surface area contributed by atoms with Crippen LogP contribution in [-0.2, 0) is 7.05 Å². The molecule has 2 rings (SSSR count). The fourth-order valence-corrected chi connectivity index (χ4v) is 2.81. The summed E-state index contributed by atoms with van der Waals surface area (Å²) < 4.78 is 2.81. The van der Waals surface area contributed by atoms with Crippen molar-refractivity contribution in [3.8, 4) is 6.07 Å². The minimum absolute atomic E-state index is 0.197. The summed E-state index contributed by atoms with van der Waals surface area (Å²) in [6, 6.07) is 6.09. The molecule has 0 saturated carbocycles. The van der Waals surface area contributed by atoms with Crippen molar-refractivity contribution in [1.29, 1.82) is 5.26 Å². The van der Waals surface area contributed by atoms with E-state index in [2.05, 4.69) is 44.4 Å². The maximum Gasteiger partial charge on any atom is 0.137 e. The molecule has 1 aromatic heterocycles. The van der Waals surface area contributed by atoms with Crippen molar-refractivity contribution < 1.29 is 0 Å². The number of rotatable bonds is 4. The maximum absolute atomic E-state index is 9.22. The standard InChI is InChI=1S/C14H16BrN5/c1-9-4-11(6-16)13(12(15)5-9)17-7-10(2)14-19-18-8-20(14)3/h4-5,8,10,17H,7H2,1-3H3. The van der Waals surface area contributed by atoms with Gasteiger partial charge in [0.25, 0.3) is 0 Å². The van der Waals surface area contributed by atoms with Crippen LogP contribution in [0.3, 0.4) is 0 Å². The van der Waals surface area contributed by atoms with Gasteiger partial charge in [0.15, 0.2) is 0 Å². The molecule has 0 spiro atoms. The zero-order valence-electron chi connectivity index (χ0n) is 11.7. The summed E-state index contributed by atoms with van der Waals surface area (Å²) in [6.07, 6.45) is 1.69. The molecule has 0 aliphatic carbocycles. The molecule has 2 aromatic rings. The zero-order chi connectivity index (χ0) is 14.7. The number of halogens is 1. The van der Waals surface area contributed by atoms with Gasteiger partial charge in [-0.25, -0.2) is 0 Å². The van der Waals surface area contributed by atoms with Crippen LogP contribution in [0.25, 0.3) is 0 Å². The number of hydrogen-bond acceptors (Lipinski definition) is 4. The number of aryl methyl sites for hydroxylation is 2. The minimum atomic E-state index is 0.197. The van der Waals surface area contributed by atoms with Crippen LogP contribution < -0.4 is 5.32 Å². The smallest absolute Gasteiger partial charge is 0.137 e. The molecule has 1 atom stereocenters. The topological polar surface area (TPSA) is 66.5 Å². The molecule has 0 fully saturated rings. The van der Waals surface area contributed by atoms with Crippen LogP contribution in [0.5, 0.6) is 0 Å². The Balaban J connectivity index is 2.16. The normalized spacial score (nSPS) is 11.9. The summed E-state index contributed by atoms with van der Waals surface area (Å²) in [5.41, 5.74) is 2.52. The summed E-state index contributed by atoms with van der Waals surface area (Å²) in [6.45, 7) is 4.73. The molecule has 20 heavy (non-hydrogen) atoms. The Kier molecular flexibility index (Phi) is 4.40. The molecule has 6 heteroatoms. The van der Waals surface area contributed by atoms with E-state index in [1.807, 2.05) is 30.7 Å². The predicted molar refractivity (Wildman–Crippen MR) is 81.5 cm³/mol. The van der Waals surface area contributed by atoms with Crippen LogP contribution in [0.4, 0.5) is 5.69 Å². The molecule has 0 aliphatic rings. The summed E-state index contributed by atoms with van der Waals surface area (Å²) in [5.74, 6) is 1.11. The van der Waals surface area contributed by atoms with E-state index in [4.69, 9.17) is 0 Å². The molecule has 0 radical (unpaired) electrons. The van der Waals surface area contributed by atoms with Gasteiger partial charge in [0, 0.05) is 24.0 Å². The molecule has 0 bridgehead atoms. The summed E-state index contributed by atoms with van der Waals surface area (Å²) in [5, 5.41) is 20.5. The van der Waals surface area contributed by atoms with E-state index in [1.165, 1.54) is 0 Å². The largest absolute Gasteiger partial charge is 0.382 e. The zero-order valence-corrected chi connectivity index (χ0v) is 13.3. The Morgan fingerprint density at radius 3 is 2.85 bits per heavy atom. The second-order valence-corrected chi connectivity index (χ2v) is 5.72. The lowest BCUT2D eigenvalue weighted by molar-refractivity contribution is 0.681. The quantitative estimate of drug-likeness (QED) is 0.933. The molecular formula is C14H16BrN5. The van der Waals surface area contributed by atoms with Gasteiger partial charge < -0.3 is 9.88 Å². The van der Waals surface area contributed by atoms with Crippen LogP contribution in [-0.4, -0.2) is 21.3 Å². The number of aromatic nitrogens is 3. The van der Waals surface area contributed by atoms with Gasteiger partial charge in [-0.15, -0.1) is 10.2 Å². The van der Waals surface area contributed by atoms with Gasteiger partial charge in [-0.2, -0.15) is 5.26 Å². The van der Waals surface area contributed by atoms with Crippen LogP contribution in [0.2, 0.25) is 0 Å². The van der Waals surface area contributed by atoms with Crippen molar-refractivity contribution in [3.63, 3.8) is 0 Å². The monoisotopic (exact) mass is 333 g/mol. The number of anilines is 1. The number of nitrogens with zero attached hydrogens (tertiary/aromatic N) is 4. The highest BCUT2D eigenvalue weighted by atomic mass is 79.9. The molecule has 0 amide bonds. The van der Waals surface area contributed by atoms with Gasteiger partial charge in [0.1, 0.15) is 18.2 Å². The number of hydrogen-bond donors (Lipinski definition) is 1. The minimum Gasteiger partial charge on any atom is -0.382 e. The van der Waals surface area contributed by atoms with Crippen molar-refractivity contribution in [2.75, 3.05) is 11.9 Å². The number of nitrogens with one attached hydrogen (secondary N) is 1. The lowest BCUT2D eigenvalue weighted by atomic mass is 10.1. The first kappa shape index (κ1) is 14.5. The predicted octanol–water partition coefficient (Wildman–Crippen LogP) is 2.97. The average molecular weight is 334 g/mol. The van der Waals surface area contributed by atoms with E-state index in [9.17, 15) is 5.26 Å². The third-order valence-corrected chi connectivity index (χ3v) is 3.75. The molecule has 0 saturated heterocycles. The van der Waals surface area contributed by atoms with Crippen molar-refractivity contribution >= 4 is 21.6 Å². The fraction of sp³-hybridized carbons (Fsp3) is 0.357. The van der Waals surface area contributed by atoms with Gasteiger partial charge in [-0.1, -0.05) is 6.92 Å². The first-order chi connectivity index (χ1) is 9.52. The molecule has 1 heterocycles. The Morgan fingerprint density at radius 2 is 2.25 bits per heavy atom. The van der Waals surface area contributed by atoms with Gasteiger partial charge in [0.2, 0.25) is 0 Å². The second kappa shape index (κ2) is 6.06. The van der Waals surface area contributed by atoms with Crippen molar-refractivity contribution in [2.24, 2.45) is 7.05 Å². The van der Waals surface area contributed by atoms with Crippen LogP contribution in [0, 0.1) is 18.3 Å². The molecule has 1 unspecified atom stereocenters. The van der Waals surface area contributed by atoms with E-state index in [0.717, 1.165) is 21.5 Å². The highest BCUT2D eigenvalue weighted by molar-refractivity contribution is 9.10. The highest BCUT2D eigenvalue weighted by Gasteiger charge is 2.13. The van der Waals surface area contributed by atoms with Gasteiger partial charge >= 0.3 is 0 Å². The third kappa shape index (κ3) is 2.99. The average Bonchev–Trinajstić information content (AvgIpc) is 2.82. The Hall–Kier alpha value is -1.87. The summed E-state index contributed by atoms with van der Waals surface area (Å²) in [4.78, 5) is 0. The third-order valence-electron chi connectivity index (χ3n) is 3.13. The molecular weight excluding hydrogens is 318 g/mol. The maximum atomic E-state index is 9.22. The van der Waals surface area contributed by atoms with Crippen LogP contribution in [0.15, 0.2) is 22.9 Å². The summed E-state index contributed by atoms with van der Waals surface area (Å²) in [7, 11) is 1.92. The van der Waals surface area contributed by atoms with E-state index >= 15 is 0 Å². The first-order valence-corrected chi connectivity index (χ1v) is 7.10. The van der Waals surface area contributed by atoms with E-state index < -0.39 is 0 Å². The van der Waals surface area contributed by atoms with Gasteiger partial charge in [-0.3, -0.25) is 0 Å². The molecule has 5 nitrogen and oxygen atoms in total. The van der Waals surface area contributed by atoms with Crippen molar-refractivity contribution in [3.05, 3.63) is 39.9 Å². The van der Waals surface area contributed by atoms with Crippen molar-refractivity contribution in [2.45, 2.75) is 19.8 Å². The van der Waals surface area contributed by atoms with Gasteiger partial charge in [-0.05, 0) is 40.5 Å². The fourth-order valence-electron chi connectivity index (χ4n) is 2.09. The van der Waals surface area contributed by atoms with Crippen molar-refractivity contribution in [1.82, 2.24) is 14.8 Å². The Morgan fingerprint density at radius 1 is 1.50 bits per heavy atom. The molecule has 0 aliphatic heterocycles. The molecule has 1 aromatic carbocycles. The van der Waals surface area contributed by atoms with Crippen LogP contribution >= 0.6 is 15.9 Å². The molecule has 1 N–H and O–H groups in total. The summed E-state index contributed by atoms with van der Waals surface area (Å²) >= 11 is 3.51. The lowest BCUT2D eigenvalue weighted by Crippen LogP contribution is -2.14. The second-order valence-electron chi connectivity index (χ2n) is 4.86. The SMILES string of the molecule is Cc1cc(Br)c(NCC(C)c2nncn2C)c(C#N)c1. The Labute approximate surface area is 126 Å². The number of benzene rings is 1. The van der Waals surface area contributed by atoms with Crippen LogP contribution in [0.1, 0.15) is 29.8 Å². The van der Waals surface area contributed by atoms with E-state index in [0.29, 0.717) is 12.1 Å². The highest BCUT2D eigenvalue weighted by Crippen LogP contribution is 2.28. The molecule has 104 valence electrons. The van der Waals surface area contributed by atoms with E-state index in [1.54, 1.807) is 6.33 Å². The van der Waals surface area contributed by atoms with Gasteiger partial charge in [0.05, 0.1) is 11.3 Å². The van der Waals surface area contributed by atoms with E-state index in [-0.39, 0.29) is 5.92 Å².